The molecular weight excluding hydrogens is 391 g/mol. The Morgan fingerprint density at radius 3 is 2.59 bits per heavy atom. The number of nitrogens with zero attached hydrogens (tertiary/aromatic N) is 3. The average Bonchev–Trinajstić information content (AvgIpc) is 3.17. The van der Waals surface area contributed by atoms with Gasteiger partial charge < -0.3 is 5.32 Å². The van der Waals surface area contributed by atoms with Gasteiger partial charge in [0.05, 0.1) is 5.69 Å². The van der Waals surface area contributed by atoms with E-state index in [-0.39, 0.29) is 23.6 Å². The zero-order valence-electron chi connectivity index (χ0n) is 16.2. The van der Waals surface area contributed by atoms with Crippen LogP contribution in [-0.2, 0) is 0 Å². The van der Waals surface area contributed by atoms with Gasteiger partial charge in [0.1, 0.15) is 5.82 Å². The highest BCUT2D eigenvalue weighted by molar-refractivity contribution is 6.31. The van der Waals surface area contributed by atoms with Crippen molar-refractivity contribution in [3.8, 4) is 17.1 Å². The number of carbonyl (C=O) groups excluding carboxylic acids is 1. The maximum Gasteiger partial charge on any atom is 0.291 e. The van der Waals surface area contributed by atoms with Crippen LogP contribution in [0.1, 0.15) is 48.3 Å². The monoisotopic (exact) mass is 412 g/mol. The molecule has 1 aromatic heterocycles. The first kappa shape index (κ1) is 19.6. The molecule has 0 radical (unpaired) electrons. The van der Waals surface area contributed by atoms with E-state index in [0.717, 1.165) is 36.9 Å². The highest BCUT2D eigenvalue weighted by Gasteiger charge is 2.23. The molecule has 29 heavy (non-hydrogen) atoms. The van der Waals surface area contributed by atoms with Crippen molar-refractivity contribution in [1.29, 1.82) is 0 Å². The van der Waals surface area contributed by atoms with Gasteiger partial charge in [-0.25, -0.2) is 14.1 Å². The molecule has 1 N–H and O–H groups in total. The Bertz CT molecular complexity index is 1030. The molecule has 0 spiro atoms. The molecule has 4 rings (SSSR count). The van der Waals surface area contributed by atoms with Crippen LogP contribution in [0.25, 0.3) is 17.1 Å². The van der Waals surface area contributed by atoms with Crippen molar-refractivity contribution in [3.63, 3.8) is 0 Å². The second kappa shape index (κ2) is 8.33. The van der Waals surface area contributed by atoms with Gasteiger partial charge in [0, 0.05) is 16.6 Å². The van der Waals surface area contributed by atoms with Crippen LogP contribution in [0.15, 0.2) is 42.5 Å². The number of nitrogens with one attached hydrogen (secondary N) is 1. The standard InChI is InChI=1S/C22H22ClFN4O/c1-14-18(23)8-5-9-19(14)28-21(15-10-12-16(24)13-11-15)26-20(27-28)22(29)25-17-6-3-2-4-7-17/h5,8-13,17H,2-4,6-7H2,1H3,(H,25,29). The topological polar surface area (TPSA) is 59.8 Å². The van der Waals surface area contributed by atoms with Crippen molar-refractivity contribution in [1.82, 2.24) is 20.1 Å². The normalized spacial score (nSPS) is 14.7. The van der Waals surface area contributed by atoms with E-state index in [1.54, 1.807) is 22.9 Å². The van der Waals surface area contributed by atoms with Gasteiger partial charge >= 0.3 is 0 Å². The second-order valence-electron chi connectivity index (χ2n) is 7.37. The molecule has 0 aliphatic heterocycles. The minimum atomic E-state index is -0.339. The summed E-state index contributed by atoms with van der Waals surface area (Å²) in [5.74, 6) is -0.0776. The van der Waals surface area contributed by atoms with Gasteiger partial charge in [-0.2, -0.15) is 0 Å². The lowest BCUT2D eigenvalue weighted by Crippen LogP contribution is -2.36. The zero-order chi connectivity index (χ0) is 20.4. The minimum Gasteiger partial charge on any atom is -0.347 e. The molecule has 1 amide bonds. The van der Waals surface area contributed by atoms with E-state index in [2.05, 4.69) is 15.4 Å². The average molecular weight is 413 g/mol. The maximum atomic E-state index is 13.4. The lowest BCUT2D eigenvalue weighted by Gasteiger charge is -2.21. The van der Waals surface area contributed by atoms with Crippen molar-refractivity contribution in [2.75, 3.05) is 0 Å². The lowest BCUT2D eigenvalue weighted by atomic mass is 9.95. The number of aromatic nitrogens is 3. The molecule has 1 aliphatic carbocycles. The third kappa shape index (κ3) is 4.17. The Kier molecular flexibility index (Phi) is 5.62. The highest BCUT2D eigenvalue weighted by atomic mass is 35.5. The van der Waals surface area contributed by atoms with Crippen LogP contribution in [0.3, 0.4) is 0 Å². The maximum absolute atomic E-state index is 13.4. The molecular formula is C22H22ClFN4O. The van der Waals surface area contributed by atoms with E-state index in [9.17, 15) is 9.18 Å². The van der Waals surface area contributed by atoms with Crippen molar-refractivity contribution >= 4 is 17.5 Å². The van der Waals surface area contributed by atoms with Crippen molar-refractivity contribution < 1.29 is 9.18 Å². The van der Waals surface area contributed by atoms with E-state index in [1.807, 2.05) is 19.1 Å². The molecule has 0 unspecified atom stereocenters. The summed E-state index contributed by atoms with van der Waals surface area (Å²) in [6.45, 7) is 1.88. The largest absolute Gasteiger partial charge is 0.347 e. The SMILES string of the molecule is Cc1c(Cl)cccc1-n1nc(C(=O)NC2CCCCC2)nc1-c1ccc(F)cc1. The molecule has 7 heteroatoms. The molecule has 1 heterocycles. The number of halogens is 2. The Morgan fingerprint density at radius 2 is 1.86 bits per heavy atom. The molecule has 1 aliphatic rings. The summed E-state index contributed by atoms with van der Waals surface area (Å²) in [6, 6.07) is 11.6. The number of carbonyl (C=O) groups is 1. The van der Waals surface area contributed by atoms with Crippen LogP contribution in [-0.4, -0.2) is 26.7 Å². The van der Waals surface area contributed by atoms with Crippen LogP contribution >= 0.6 is 11.6 Å². The van der Waals surface area contributed by atoms with Crippen LogP contribution in [0.5, 0.6) is 0 Å². The Morgan fingerprint density at radius 1 is 1.14 bits per heavy atom. The Balaban J connectivity index is 1.75. The zero-order valence-corrected chi connectivity index (χ0v) is 16.9. The predicted molar refractivity (Wildman–Crippen MR) is 111 cm³/mol. The molecule has 0 saturated heterocycles. The number of hydrogen-bond acceptors (Lipinski definition) is 3. The fourth-order valence-electron chi connectivity index (χ4n) is 3.68. The molecule has 1 fully saturated rings. The van der Waals surface area contributed by atoms with E-state index in [0.29, 0.717) is 16.4 Å². The quantitative estimate of drug-likeness (QED) is 0.648. The number of hydrogen-bond donors (Lipinski definition) is 1. The van der Waals surface area contributed by atoms with Gasteiger partial charge in [-0.3, -0.25) is 4.79 Å². The molecule has 1 saturated carbocycles. The number of rotatable bonds is 4. The lowest BCUT2D eigenvalue weighted by molar-refractivity contribution is 0.0917. The molecule has 0 bridgehead atoms. The summed E-state index contributed by atoms with van der Waals surface area (Å²) < 4.78 is 15.0. The number of amides is 1. The first-order chi connectivity index (χ1) is 14.0. The summed E-state index contributed by atoms with van der Waals surface area (Å²) in [7, 11) is 0. The summed E-state index contributed by atoms with van der Waals surface area (Å²) in [4.78, 5) is 17.3. The highest BCUT2D eigenvalue weighted by Crippen LogP contribution is 2.27. The third-order valence-corrected chi connectivity index (χ3v) is 5.73. The van der Waals surface area contributed by atoms with Gasteiger partial charge in [-0.1, -0.05) is 36.9 Å². The van der Waals surface area contributed by atoms with Crippen LogP contribution in [0, 0.1) is 12.7 Å². The van der Waals surface area contributed by atoms with Gasteiger partial charge in [-0.15, -0.1) is 5.10 Å². The van der Waals surface area contributed by atoms with Gasteiger partial charge in [-0.05, 0) is 61.7 Å². The van der Waals surface area contributed by atoms with E-state index in [1.165, 1.54) is 18.6 Å². The molecule has 3 aromatic rings. The van der Waals surface area contributed by atoms with E-state index in [4.69, 9.17) is 11.6 Å². The van der Waals surface area contributed by atoms with E-state index >= 15 is 0 Å². The van der Waals surface area contributed by atoms with Crippen LogP contribution in [0.2, 0.25) is 5.02 Å². The first-order valence-electron chi connectivity index (χ1n) is 9.82. The summed E-state index contributed by atoms with van der Waals surface area (Å²) in [6.07, 6.45) is 5.40. The predicted octanol–water partition coefficient (Wildman–Crippen LogP) is 5.10. The molecule has 2 aromatic carbocycles. The number of benzene rings is 2. The van der Waals surface area contributed by atoms with Crippen molar-refractivity contribution in [2.45, 2.75) is 45.1 Å². The second-order valence-corrected chi connectivity index (χ2v) is 7.78. The third-order valence-electron chi connectivity index (χ3n) is 5.32. The molecule has 5 nitrogen and oxygen atoms in total. The summed E-state index contributed by atoms with van der Waals surface area (Å²) >= 11 is 6.29. The van der Waals surface area contributed by atoms with Crippen LogP contribution in [0.4, 0.5) is 4.39 Å². The minimum absolute atomic E-state index is 0.0919. The molecule has 150 valence electrons. The van der Waals surface area contributed by atoms with Gasteiger partial charge in [0.2, 0.25) is 5.82 Å². The molecule has 0 atom stereocenters. The fourth-order valence-corrected chi connectivity index (χ4v) is 3.85. The smallest absolute Gasteiger partial charge is 0.291 e. The Hall–Kier alpha value is -2.73. The van der Waals surface area contributed by atoms with Crippen molar-refractivity contribution in [3.05, 3.63) is 64.7 Å². The van der Waals surface area contributed by atoms with Crippen molar-refractivity contribution in [2.24, 2.45) is 0 Å². The van der Waals surface area contributed by atoms with Gasteiger partial charge in [0.25, 0.3) is 5.91 Å². The van der Waals surface area contributed by atoms with Gasteiger partial charge in [0.15, 0.2) is 5.82 Å². The van der Waals surface area contributed by atoms with E-state index < -0.39 is 0 Å². The fraction of sp³-hybridized carbons (Fsp3) is 0.318. The summed E-state index contributed by atoms with van der Waals surface area (Å²) in [5, 5.41) is 8.13. The summed E-state index contributed by atoms with van der Waals surface area (Å²) in [5.41, 5.74) is 2.21. The first-order valence-corrected chi connectivity index (χ1v) is 10.2. The van der Waals surface area contributed by atoms with Crippen LogP contribution < -0.4 is 5.32 Å². The Labute approximate surface area is 173 Å².